The Morgan fingerprint density at radius 2 is 2.00 bits per heavy atom. The van der Waals surface area contributed by atoms with Gasteiger partial charge in [0.1, 0.15) is 23.4 Å². The minimum Gasteiger partial charge on any atom is -0.370 e. The Balaban J connectivity index is 1.29. The van der Waals surface area contributed by atoms with Crippen LogP contribution in [0.5, 0.6) is 0 Å². The average Bonchev–Trinajstić information content (AvgIpc) is 3.40. The van der Waals surface area contributed by atoms with Gasteiger partial charge in [0.2, 0.25) is 0 Å². The molecule has 0 bridgehead atoms. The van der Waals surface area contributed by atoms with Crippen molar-refractivity contribution in [2.75, 3.05) is 6.61 Å². The summed E-state index contributed by atoms with van der Waals surface area (Å²) in [6, 6.07) is 5.03. The van der Waals surface area contributed by atoms with Gasteiger partial charge in [-0.1, -0.05) is 0 Å². The molecule has 2 aliphatic heterocycles. The zero-order chi connectivity index (χ0) is 21.0. The number of hydrogen-bond donors (Lipinski definition) is 1. The molecule has 1 fully saturated rings. The summed E-state index contributed by atoms with van der Waals surface area (Å²) in [6.45, 7) is 1.86. The van der Waals surface area contributed by atoms with Crippen molar-refractivity contribution in [3.8, 4) is 11.5 Å². The van der Waals surface area contributed by atoms with E-state index in [1.807, 2.05) is 26.4 Å². The van der Waals surface area contributed by atoms with Crippen LogP contribution >= 0.6 is 0 Å². The Kier molecular flexibility index (Phi) is 4.68. The fraction of sp³-hybridized carbons (Fsp3) is 0.429. The second-order valence-corrected chi connectivity index (χ2v) is 8.14. The highest BCUT2D eigenvalue weighted by atomic mass is 19.1. The lowest BCUT2D eigenvalue weighted by Gasteiger charge is -2.38. The first-order valence-corrected chi connectivity index (χ1v) is 10.0. The van der Waals surface area contributed by atoms with Gasteiger partial charge in [-0.15, -0.1) is 0 Å². The molecule has 158 valence electrons. The fourth-order valence-electron chi connectivity index (χ4n) is 4.53. The molecular formula is C21H24F2N6O. The summed E-state index contributed by atoms with van der Waals surface area (Å²) in [7, 11) is 3.89. The number of aryl methyl sites for hydroxylation is 1. The molecule has 7 nitrogen and oxygen atoms in total. The van der Waals surface area contributed by atoms with Crippen LogP contribution in [-0.4, -0.2) is 42.9 Å². The van der Waals surface area contributed by atoms with Crippen LogP contribution in [0.2, 0.25) is 0 Å². The molecule has 9 heteroatoms. The smallest absolute Gasteiger partial charge is 0.160 e. The normalized spacial score (nSPS) is 24.4. The van der Waals surface area contributed by atoms with E-state index in [1.54, 1.807) is 4.68 Å². The zero-order valence-corrected chi connectivity index (χ0v) is 16.9. The maximum absolute atomic E-state index is 14.2. The molecule has 4 heterocycles. The van der Waals surface area contributed by atoms with Gasteiger partial charge in [0, 0.05) is 51.0 Å². The number of ether oxygens (including phenoxy) is 1. The lowest BCUT2D eigenvalue weighted by molar-refractivity contribution is -0.0534. The molecule has 2 aromatic heterocycles. The van der Waals surface area contributed by atoms with Crippen LogP contribution < -0.4 is 5.73 Å². The van der Waals surface area contributed by atoms with Gasteiger partial charge in [0.15, 0.2) is 5.82 Å². The van der Waals surface area contributed by atoms with E-state index in [9.17, 15) is 8.78 Å². The number of imidazole rings is 1. The Morgan fingerprint density at radius 3 is 2.70 bits per heavy atom. The van der Waals surface area contributed by atoms with Crippen LogP contribution in [0.4, 0.5) is 8.78 Å². The highest BCUT2D eigenvalue weighted by Crippen LogP contribution is 2.35. The van der Waals surface area contributed by atoms with E-state index in [0.717, 1.165) is 41.6 Å². The number of aromatic nitrogens is 4. The van der Waals surface area contributed by atoms with Gasteiger partial charge in [-0.3, -0.25) is 9.58 Å². The lowest BCUT2D eigenvalue weighted by atomic mass is 9.93. The number of hydrogen-bond acceptors (Lipinski definition) is 5. The highest BCUT2D eigenvalue weighted by Gasteiger charge is 2.38. The van der Waals surface area contributed by atoms with Crippen LogP contribution in [0.3, 0.4) is 0 Å². The molecule has 3 atom stereocenters. The molecule has 3 aromatic rings. The van der Waals surface area contributed by atoms with E-state index in [1.165, 1.54) is 6.07 Å². The van der Waals surface area contributed by atoms with Crippen molar-refractivity contribution in [3.63, 3.8) is 0 Å². The molecule has 0 unspecified atom stereocenters. The highest BCUT2D eigenvalue weighted by molar-refractivity contribution is 5.51. The molecule has 0 aliphatic carbocycles. The summed E-state index contributed by atoms with van der Waals surface area (Å²) in [6.07, 6.45) is 1.90. The average molecular weight is 414 g/mol. The monoisotopic (exact) mass is 414 g/mol. The van der Waals surface area contributed by atoms with E-state index >= 15 is 0 Å². The molecule has 1 saturated heterocycles. The summed E-state index contributed by atoms with van der Waals surface area (Å²) in [5, 5.41) is 4.45. The predicted molar refractivity (Wildman–Crippen MR) is 106 cm³/mol. The minimum absolute atomic E-state index is 0.0976. The molecule has 30 heavy (non-hydrogen) atoms. The van der Waals surface area contributed by atoms with Crippen molar-refractivity contribution in [3.05, 3.63) is 59.0 Å². The van der Waals surface area contributed by atoms with Crippen molar-refractivity contribution in [1.82, 2.24) is 24.2 Å². The van der Waals surface area contributed by atoms with Crippen LogP contribution in [0, 0.1) is 11.6 Å². The SMILES string of the molecule is Cn1ccc(-c2nc3c(n2C)CN([C@H]2CO[C@H](c4cc(F)ccc4F)[C@@H](N)C2)C3)n1. The van der Waals surface area contributed by atoms with Crippen LogP contribution in [-0.2, 0) is 31.9 Å². The first kappa shape index (κ1) is 19.3. The molecule has 0 saturated carbocycles. The first-order chi connectivity index (χ1) is 14.4. The third kappa shape index (κ3) is 3.23. The van der Waals surface area contributed by atoms with E-state index in [0.29, 0.717) is 19.6 Å². The lowest BCUT2D eigenvalue weighted by Crippen LogP contribution is -2.47. The number of benzene rings is 1. The zero-order valence-electron chi connectivity index (χ0n) is 16.9. The Bertz CT molecular complexity index is 1090. The van der Waals surface area contributed by atoms with Gasteiger partial charge in [0.25, 0.3) is 0 Å². The van der Waals surface area contributed by atoms with Crippen molar-refractivity contribution >= 4 is 0 Å². The Morgan fingerprint density at radius 1 is 1.17 bits per heavy atom. The number of halogens is 2. The van der Waals surface area contributed by atoms with Crippen molar-refractivity contribution in [1.29, 1.82) is 0 Å². The minimum atomic E-state index is -0.643. The van der Waals surface area contributed by atoms with Gasteiger partial charge < -0.3 is 15.0 Å². The van der Waals surface area contributed by atoms with Gasteiger partial charge in [-0.2, -0.15) is 5.10 Å². The van der Waals surface area contributed by atoms with Gasteiger partial charge >= 0.3 is 0 Å². The summed E-state index contributed by atoms with van der Waals surface area (Å²) < 4.78 is 37.5. The van der Waals surface area contributed by atoms with Gasteiger partial charge in [-0.05, 0) is 30.7 Å². The van der Waals surface area contributed by atoms with Crippen molar-refractivity contribution < 1.29 is 13.5 Å². The molecular weight excluding hydrogens is 390 g/mol. The van der Waals surface area contributed by atoms with Gasteiger partial charge in [-0.25, -0.2) is 13.8 Å². The molecule has 0 radical (unpaired) electrons. The largest absolute Gasteiger partial charge is 0.370 e. The topological polar surface area (TPSA) is 74.1 Å². The molecule has 2 N–H and O–H groups in total. The van der Waals surface area contributed by atoms with Crippen LogP contribution in [0.15, 0.2) is 30.5 Å². The van der Waals surface area contributed by atoms with Crippen molar-refractivity contribution in [2.24, 2.45) is 19.8 Å². The number of rotatable bonds is 3. The van der Waals surface area contributed by atoms with Crippen LogP contribution in [0.25, 0.3) is 11.5 Å². The number of nitrogens with two attached hydrogens (primary N) is 1. The Labute approximate surface area is 173 Å². The van der Waals surface area contributed by atoms with Crippen molar-refractivity contribution in [2.45, 2.75) is 37.7 Å². The number of nitrogens with zero attached hydrogens (tertiary/aromatic N) is 5. The molecule has 2 aliphatic rings. The summed E-state index contributed by atoms with van der Waals surface area (Å²) in [5.41, 5.74) is 9.55. The molecule has 0 spiro atoms. The second-order valence-electron chi connectivity index (χ2n) is 8.14. The maximum atomic E-state index is 14.2. The van der Waals surface area contributed by atoms with E-state index < -0.39 is 23.8 Å². The fourth-order valence-corrected chi connectivity index (χ4v) is 4.53. The molecule has 5 rings (SSSR count). The predicted octanol–water partition coefficient (Wildman–Crippen LogP) is 2.27. The third-order valence-corrected chi connectivity index (χ3v) is 6.13. The quantitative estimate of drug-likeness (QED) is 0.712. The van der Waals surface area contributed by atoms with E-state index in [4.69, 9.17) is 15.5 Å². The summed E-state index contributed by atoms with van der Waals surface area (Å²) in [4.78, 5) is 7.09. The summed E-state index contributed by atoms with van der Waals surface area (Å²) in [5.74, 6) is -0.122. The second kappa shape index (κ2) is 7.26. The van der Waals surface area contributed by atoms with E-state index in [-0.39, 0.29) is 11.6 Å². The van der Waals surface area contributed by atoms with Gasteiger partial charge in [0.05, 0.1) is 18.0 Å². The summed E-state index contributed by atoms with van der Waals surface area (Å²) >= 11 is 0. The first-order valence-electron chi connectivity index (χ1n) is 10.0. The van der Waals surface area contributed by atoms with Crippen LogP contribution in [0.1, 0.15) is 29.5 Å². The standard InChI is InChI=1S/C21H24F2N6O/c1-27-6-5-17(26-27)21-25-18-9-29(10-19(18)28(21)2)13-8-16(24)20(30-11-13)14-7-12(22)3-4-15(14)23/h3-7,13,16,20H,8-11,24H2,1-2H3/t13-,16+,20-/m1/s1. The Hall–Kier alpha value is -2.62. The molecule has 0 amide bonds. The maximum Gasteiger partial charge on any atom is 0.160 e. The number of fused-ring (bicyclic) bond motifs is 1. The van der Waals surface area contributed by atoms with E-state index in [2.05, 4.69) is 14.6 Å². The third-order valence-electron chi connectivity index (χ3n) is 6.13. The molecule has 1 aromatic carbocycles.